The first-order valence-electron chi connectivity index (χ1n) is 10.0. The van der Waals surface area contributed by atoms with Gasteiger partial charge in [0.1, 0.15) is 0 Å². The molecule has 0 radical (unpaired) electrons. The molecule has 1 aliphatic carbocycles. The average Bonchev–Trinajstić information content (AvgIpc) is 3.40. The molecule has 2 heterocycles. The van der Waals surface area contributed by atoms with Gasteiger partial charge in [-0.15, -0.1) is 0 Å². The lowest BCUT2D eigenvalue weighted by atomic mass is 9.93. The molecule has 1 atom stereocenters. The van der Waals surface area contributed by atoms with Crippen LogP contribution in [0.25, 0.3) is 0 Å². The minimum atomic E-state index is -0.507. The van der Waals surface area contributed by atoms with Gasteiger partial charge >= 0.3 is 5.97 Å². The molecule has 0 bridgehead atoms. The second-order valence-electron chi connectivity index (χ2n) is 7.89. The summed E-state index contributed by atoms with van der Waals surface area (Å²) in [5.74, 6) is -0.449. The van der Waals surface area contributed by atoms with E-state index >= 15 is 0 Å². The molecule has 30 heavy (non-hydrogen) atoms. The largest absolute Gasteiger partial charge is 0.459 e. The van der Waals surface area contributed by atoms with Gasteiger partial charge in [0, 0.05) is 16.8 Å². The summed E-state index contributed by atoms with van der Waals surface area (Å²) in [4.78, 5) is 32.2. The number of amidine groups is 1. The van der Waals surface area contributed by atoms with Gasteiger partial charge in [-0.2, -0.15) is 0 Å². The zero-order valence-electron chi connectivity index (χ0n) is 17.1. The summed E-state index contributed by atoms with van der Waals surface area (Å²) in [5.41, 5.74) is 2.61. The number of carbonyl (C=O) groups is 2. The molecule has 1 N–H and O–H groups in total. The van der Waals surface area contributed by atoms with Crippen LogP contribution in [0.15, 0.2) is 51.6 Å². The van der Waals surface area contributed by atoms with Crippen LogP contribution in [0.3, 0.4) is 0 Å². The summed E-state index contributed by atoms with van der Waals surface area (Å²) in [6.07, 6.45) is 2.02. The number of amides is 1. The first-order chi connectivity index (χ1) is 14.3. The molecule has 8 heteroatoms. The highest BCUT2D eigenvalue weighted by Crippen LogP contribution is 2.46. The van der Waals surface area contributed by atoms with Crippen LogP contribution in [0.2, 0.25) is 5.02 Å². The first-order valence-corrected chi connectivity index (χ1v) is 11.3. The van der Waals surface area contributed by atoms with E-state index in [4.69, 9.17) is 16.3 Å². The van der Waals surface area contributed by atoms with Crippen molar-refractivity contribution in [2.24, 2.45) is 4.99 Å². The Bertz CT molecular complexity index is 982. The number of halogens is 1. The van der Waals surface area contributed by atoms with E-state index in [1.54, 1.807) is 6.07 Å². The Kier molecular flexibility index (Phi) is 5.93. The van der Waals surface area contributed by atoms with E-state index in [1.165, 1.54) is 11.8 Å². The van der Waals surface area contributed by atoms with Crippen molar-refractivity contribution in [1.29, 1.82) is 0 Å². The lowest BCUT2D eigenvalue weighted by molar-refractivity contribution is -0.143. The number of benzene rings is 1. The molecule has 0 unspecified atom stereocenters. The van der Waals surface area contributed by atoms with E-state index in [-0.39, 0.29) is 18.4 Å². The number of hydrogen-bond acceptors (Lipinski definition) is 6. The molecule has 158 valence electrons. The number of aliphatic imine (C=N–C) groups is 1. The van der Waals surface area contributed by atoms with Gasteiger partial charge in [0.2, 0.25) is 5.91 Å². The van der Waals surface area contributed by atoms with Crippen LogP contribution in [0.4, 0.5) is 0 Å². The molecule has 3 aliphatic rings. The number of nitrogens with one attached hydrogen (secondary N) is 1. The average molecular weight is 446 g/mol. The van der Waals surface area contributed by atoms with Crippen molar-refractivity contribution in [3.8, 4) is 0 Å². The van der Waals surface area contributed by atoms with Crippen LogP contribution >= 0.6 is 23.4 Å². The van der Waals surface area contributed by atoms with Gasteiger partial charge in [0.15, 0.2) is 5.17 Å². The summed E-state index contributed by atoms with van der Waals surface area (Å²) >= 11 is 8.01. The SMILES string of the molecule is CC1=C(C(=O)OC(C)C)[C@H](c2ccccc2Cl)N2C(CC(=O)NC3CC3)=CSC2=N1. The molecule has 1 saturated carbocycles. The molecular formula is C22H24ClN3O3S. The van der Waals surface area contributed by atoms with Gasteiger partial charge in [-0.25, -0.2) is 9.79 Å². The third-order valence-electron chi connectivity index (χ3n) is 5.05. The normalized spacial score (nSPS) is 20.7. The summed E-state index contributed by atoms with van der Waals surface area (Å²) < 4.78 is 5.54. The summed E-state index contributed by atoms with van der Waals surface area (Å²) in [7, 11) is 0. The van der Waals surface area contributed by atoms with Gasteiger partial charge in [-0.05, 0) is 50.7 Å². The molecule has 1 fully saturated rings. The minimum absolute atomic E-state index is 0.0268. The van der Waals surface area contributed by atoms with E-state index in [2.05, 4.69) is 10.3 Å². The molecule has 6 nitrogen and oxygen atoms in total. The predicted octanol–water partition coefficient (Wildman–Crippen LogP) is 4.54. The second kappa shape index (κ2) is 8.47. The van der Waals surface area contributed by atoms with E-state index < -0.39 is 12.0 Å². The van der Waals surface area contributed by atoms with E-state index in [0.29, 0.717) is 22.3 Å². The van der Waals surface area contributed by atoms with Crippen molar-refractivity contribution in [1.82, 2.24) is 10.2 Å². The molecular weight excluding hydrogens is 422 g/mol. The first kappa shape index (κ1) is 21.0. The summed E-state index contributed by atoms with van der Waals surface area (Å²) in [5, 5.41) is 6.23. The van der Waals surface area contributed by atoms with Gasteiger partial charge in [0.05, 0.1) is 29.8 Å². The number of thioether (sulfide) groups is 1. The van der Waals surface area contributed by atoms with Crippen LogP contribution in [0.5, 0.6) is 0 Å². The fraction of sp³-hybridized carbons (Fsp3) is 0.409. The molecule has 0 saturated heterocycles. The van der Waals surface area contributed by atoms with Crippen LogP contribution < -0.4 is 5.32 Å². The highest BCUT2D eigenvalue weighted by Gasteiger charge is 2.42. The number of rotatable bonds is 6. The molecule has 1 aromatic carbocycles. The third kappa shape index (κ3) is 4.27. The number of esters is 1. The molecule has 4 rings (SSSR count). The van der Waals surface area contributed by atoms with Crippen molar-refractivity contribution in [2.45, 2.75) is 58.2 Å². The van der Waals surface area contributed by atoms with Crippen molar-refractivity contribution >= 4 is 40.4 Å². The number of nitrogens with zero attached hydrogens (tertiary/aromatic N) is 2. The molecule has 1 amide bonds. The maximum atomic E-state index is 13.1. The smallest absolute Gasteiger partial charge is 0.338 e. The standard InChI is InChI=1S/C22H24ClN3O3S/c1-12(2)29-21(28)19-13(3)24-22-26(20(19)16-6-4-5-7-17(16)23)15(11-30-22)10-18(27)25-14-8-9-14/h4-7,11-12,14,20H,8-10H2,1-3H3,(H,25,27)/t20-/m0/s1. The van der Waals surface area contributed by atoms with Crippen LogP contribution in [0.1, 0.15) is 51.6 Å². The molecule has 0 spiro atoms. The molecule has 0 aromatic heterocycles. The number of ether oxygens (including phenoxy) is 1. The predicted molar refractivity (Wildman–Crippen MR) is 119 cm³/mol. The Morgan fingerprint density at radius 2 is 2.07 bits per heavy atom. The zero-order valence-corrected chi connectivity index (χ0v) is 18.7. The quantitative estimate of drug-likeness (QED) is 0.651. The minimum Gasteiger partial charge on any atom is -0.459 e. The van der Waals surface area contributed by atoms with E-state index in [9.17, 15) is 9.59 Å². The number of carbonyl (C=O) groups excluding carboxylic acids is 2. The van der Waals surface area contributed by atoms with E-state index in [1.807, 2.05) is 49.3 Å². The number of hydrogen-bond donors (Lipinski definition) is 1. The zero-order chi connectivity index (χ0) is 21.4. The lowest BCUT2D eigenvalue weighted by Gasteiger charge is -2.36. The Hall–Kier alpha value is -2.25. The van der Waals surface area contributed by atoms with E-state index in [0.717, 1.165) is 29.3 Å². The van der Waals surface area contributed by atoms with Crippen molar-refractivity contribution < 1.29 is 14.3 Å². The maximum absolute atomic E-state index is 13.1. The van der Waals surface area contributed by atoms with Crippen LogP contribution in [0, 0.1) is 0 Å². The topological polar surface area (TPSA) is 71.0 Å². The highest BCUT2D eigenvalue weighted by molar-refractivity contribution is 8.16. The molecule has 2 aliphatic heterocycles. The second-order valence-corrected chi connectivity index (χ2v) is 9.13. The van der Waals surface area contributed by atoms with Gasteiger partial charge in [-0.1, -0.05) is 41.6 Å². The Morgan fingerprint density at radius 1 is 1.33 bits per heavy atom. The van der Waals surface area contributed by atoms with Gasteiger partial charge in [-0.3, -0.25) is 4.79 Å². The monoisotopic (exact) mass is 445 g/mol. The lowest BCUT2D eigenvalue weighted by Crippen LogP contribution is -2.38. The Morgan fingerprint density at radius 3 is 2.73 bits per heavy atom. The van der Waals surface area contributed by atoms with Crippen LogP contribution in [-0.4, -0.2) is 34.1 Å². The fourth-order valence-electron chi connectivity index (χ4n) is 3.57. The summed E-state index contributed by atoms with van der Waals surface area (Å²) in [6.45, 7) is 5.44. The van der Waals surface area contributed by atoms with Gasteiger partial charge in [0.25, 0.3) is 0 Å². The Labute approximate surface area is 185 Å². The summed E-state index contributed by atoms with van der Waals surface area (Å²) in [6, 6.07) is 7.23. The fourth-order valence-corrected chi connectivity index (χ4v) is 4.77. The number of fused-ring (bicyclic) bond motifs is 1. The third-order valence-corrected chi connectivity index (χ3v) is 6.28. The Balaban J connectivity index is 1.73. The maximum Gasteiger partial charge on any atom is 0.338 e. The van der Waals surface area contributed by atoms with Crippen molar-refractivity contribution in [3.63, 3.8) is 0 Å². The van der Waals surface area contributed by atoms with Crippen molar-refractivity contribution in [2.75, 3.05) is 0 Å². The van der Waals surface area contributed by atoms with Crippen LogP contribution in [-0.2, 0) is 14.3 Å². The number of allylic oxidation sites excluding steroid dienone is 1. The van der Waals surface area contributed by atoms with Crippen molar-refractivity contribution in [3.05, 3.63) is 57.2 Å². The van der Waals surface area contributed by atoms with Gasteiger partial charge < -0.3 is 15.0 Å². The molecule has 1 aromatic rings. The highest BCUT2D eigenvalue weighted by atomic mass is 35.5.